The highest BCUT2D eigenvalue weighted by atomic mass is 16.3. The molecule has 0 aliphatic heterocycles. The van der Waals surface area contributed by atoms with Crippen LogP contribution < -0.4 is 0 Å². The fourth-order valence-corrected chi connectivity index (χ4v) is 8.65. The Kier molecular flexibility index (Phi) is 8.57. The van der Waals surface area contributed by atoms with Crippen LogP contribution >= 0.6 is 0 Å². The zero-order valence-corrected chi connectivity index (χ0v) is 28.6. The van der Waals surface area contributed by atoms with E-state index in [-0.39, 0.29) is 0 Å². The van der Waals surface area contributed by atoms with Gasteiger partial charge in [-0.25, -0.2) is 0 Å². The van der Waals surface area contributed by atoms with Gasteiger partial charge in [0.15, 0.2) is 0 Å². The van der Waals surface area contributed by atoms with Gasteiger partial charge in [0.2, 0.25) is 0 Å². The molecule has 4 nitrogen and oxygen atoms in total. The minimum atomic E-state index is -1.11. The Bertz CT molecular complexity index is 2030. The molecule has 4 N–H and O–H groups in total. The van der Waals surface area contributed by atoms with Crippen molar-refractivity contribution >= 4 is 0 Å². The van der Waals surface area contributed by atoms with Gasteiger partial charge in [-0.05, 0) is 103 Å². The number of hydrogen-bond donors (Lipinski definition) is 4. The summed E-state index contributed by atoms with van der Waals surface area (Å²) in [5.41, 5.74) is 19.2. The molecule has 0 spiro atoms. The smallest absolute Gasteiger partial charge is 0.0638 e. The highest BCUT2D eigenvalue weighted by Gasteiger charge is 2.42. The standard InChI is InChI=1S/C42H30.C5H12O4/c1-2-42(39-21-9-18-33-30-15-6-3-12-27(30)24-36(33)39,40-22-10-19-34-31-16-7-4-13-28(31)25-37(34)40)41-23-11-20-35-32-17-8-5-14-29(32)26-38(35)41;6-1-5(2-7,3-8)4-9/h2-23H,1,24-26H2;6-9H,1-4H2. The molecule has 3 aliphatic rings. The second-order valence-corrected chi connectivity index (χ2v) is 14.1. The summed E-state index contributed by atoms with van der Waals surface area (Å²) in [5.74, 6) is 0. The van der Waals surface area contributed by atoms with Crippen LogP contribution in [0.3, 0.4) is 0 Å². The predicted octanol–water partition coefficient (Wildman–Crippen LogP) is 7.86. The van der Waals surface area contributed by atoms with Gasteiger partial charge in [-0.15, -0.1) is 6.58 Å². The van der Waals surface area contributed by atoms with Crippen molar-refractivity contribution in [1.82, 2.24) is 0 Å². The van der Waals surface area contributed by atoms with Crippen LogP contribution in [0.2, 0.25) is 0 Å². The van der Waals surface area contributed by atoms with Crippen molar-refractivity contribution in [1.29, 1.82) is 0 Å². The van der Waals surface area contributed by atoms with E-state index >= 15 is 0 Å². The van der Waals surface area contributed by atoms with E-state index in [2.05, 4.69) is 140 Å². The Hall–Kier alpha value is -5.10. The molecule has 9 rings (SSSR count). The van der Waals surface area contributed by atoms with E-state index in [0.717, 1.165) is 19.3 Å². The van der Waals surface area contributed by atoms with Gasteiger partial charge in [0.1, 0.15) is 0 Å². The summed E-state index contributed by atoms with van der Waals surface area (Å²) in [7, 11) is 0. The van der Waals surface area contributed by atoms with E-state index in [4.69, 9.17) is 20.4 Å². The van der Waals surface area contributed by atoms with Crippen LogP contribution in [0, 0.1) is 5.41 Å². The summed E-state index contributed by atoms with van der Waals surface area (Å²) in [6.45, 7) is 3.06. The molecular formula is C47H42O4. The average molecular weight is 671 g/mol. The maximum atomic E-state index is 8.50. The molecule has 0 heterocycles. The van der Waals surface area contributed by atoms with Gasteiger partial charge < -0.3 is 20.4 Å². The number of aliphatic hydroxyl groups is 4. The van der Waals surface area contributed by atoms with Gasteiger partial charge >= 0.3 is 0 Å². The molecule has 3 aliphatic carbocycles. The minimum Gasteiger partial charge on any atom is -0.396 e. The van der Waals surface area contributed by atoms with Crippen LogP contribution in [0.25, 0.3) is 33.4 Å². The lowest BCUT2D eigenvalue weighted by Crippen LogP contribution is -2.37. The molecule has 0 unspecified atom stereocenters. The normalized spacial score (nSPS) is 13.3. The quantitative estimate of drug-likeness (QED) is 0.0981. The maximum absolute atomic E-state index is 8.50. The molecule has 6 aromatic carbocycles. The predicted molar refractivity (Wildman–Crippen MR) is 205 cm³/mol. The number of benzene rings is 6. The van der Waals surface area contributed by atoms with E-state index in [1.807, 2.05) is 0 Å². The summed E-state index contributed by atoms with van der Waals surface area (Å²) in [5, 5.41) is 34.0. The van der Waals surface area contributed by atoms with Gasteiger partial charge in [0.05, 0.1) is 37.3 Å². The third-order valence-corrected chi connectivity index (χ3v) is 11.5. The van der Waals surface area contributed by atoms with Gasteiger partial charge in [0, 0.05) is 0 Å². The fraction of sp³-hybridized carbons (Fsp3) is 0.191. The molecule has 6 aromatic rings. The summed E-state index contributed by atoms with van der Waals surface area (Å²) in [6, 6.07) is 47.7. The summed E-state index contributed by atoms with van der Waals surface area (Å²) in [6.07, 6.45) is 5.11. The molecule has 0 atom stereocenters. The molecule has 0 saturated heterocycles. The SMILES string of the molecule is C=CC(c1cccc2c1Cc1ccccc1-2)(c1cccc2c1Cc1ccccc1-2)c1cccc2c1Cc1ccccc1-2.OCC(CO)(CO)CO. The van der Waals surface area contributed by atoms with E-state index < -0.39 is 37.3 Å². The molecule has 0 bridgehead atoms. The van der Waals surface area contributed by atoms with Gasteiger partial charge in [-0.1, -0.05) is 133 Å². The first-order chi connectivity index (χ1) is 25.0. The lowest BCUT2D eigenvalue weighted by molar-refractivity contribution is -0.0328. The van der Waals surface area contributed by atoms with Gasteiger partial charge in [-0.2, -0.15) is 0 Å². The van der Waals surface area contributed by atoms with Crippen LogP contribution in [0.15, 0.2) is 140 Å². The van der Waals surface area contributed by atoms with Crippen LogP contribution in [0.4, 0.5) is 0 Å². The third-order valence-electron chi connectivity index (χ3n) is 11.5. The van der Waals surface area contributed by atoms with Crippen molar-refractivity contribution in [2.24, 2.45) is 5.41 Å². The first-order valence-corrected chi connectivity index (χ1v) is 17.7. The summed E-state index contributed by atoms with van der Waals surface area (Å²) < 4.78 is 0. The second kappa shape index (κ2) is 13.2. The maximum Gasteiger partial charge on any atom is 0.0638 e. The molecule has 4 heteroatoms. The van der Waals surface area contributed by atoms with Crippen LogP contribution in [0.1, 0.15) is 50.1 Å². The van der Waals surface area contributed by atoms with Crippen LogP contribution in [0.5, 0.6) is 0 Å². The Labute approximate surface area is 299 Å². The fourth-order valence-electron chi connectivity index (χ4n) is 8.65. The van der Waals surface area contributed by atoms with Crippen molar-refractivity contribution in [2.45, 2.75) is 24.7 Å². The van der Waals surface area contributed by atoms with Gasteiger partial charge in [0.25, 0.3) is 0 Å². The molecular weight excluding hydrogens is 629 g/mol. The number of fused-ring (bicyclic) bond motifs is 9. The largest absolute Gasteiger partial charge is 0.396 e. The second-order valence-electron chi connectivity index (χ2n) is 14.1. The summed E-state index contributed by atoms with van der Waals surface area (Å²) in [4.78, 5) is 0. The van der Waals surface area contributed by atoms with E-state index in [1.54, 1.807) is 0 Å². The molecule has 0 radical (unpaired) electrons. The van der Waals surface area contributed by atoms with Crippen LogP contribution in [-0.2, 0) is 24.7 Å². The zero-order chi connectivity index (χ0) is 35.2. The topological polar surface area (TPSA) is 80.9 Å². The minimum absolute atomic E-state index is 0.406. The van der Waals surface area contributed by atoms with Crippen molar-refractivity contribution in [3.63, 3.8) is 0 Å². The van der Waals surface area contributed by atoms with Crippen molar-refractivity contribution in [2.75, 3.05) is 26.4 Å². The van der Waals surface area contributed by atoms with Crippen molar-refractivity contribution < 1.29 is 20.4 Å². The first-order valence-electron chi connectivity index (χ1n) is 17.7. The molecule has 0 aromatic heterocycles. The van der Waals surface area contributed by atoms with Crippen LogP contribution in [-0.4, -0.2) is 46.9 Å². The van der Waals surface area contributed by atoms with E-state index in [1.165, 1.54) is 83.5 Å². The molecule has 0 saturated carbocycles. The highest BCUT2D eigenvalue weighted by Crippen LogP contribution is 2.54. The van der Waals surface area contributed by atoms with Crippen molar-refractivity contribution in [3.8, 4) is 33.4 Å². The number of hydrogen-bond acceptors (Lipinski definition) is 4. The first kappa shape index (κ1) is 33.1. The number of rotatable bonds is 8. The van der Waals surface area contributed by atoms with Gasteiger partial charge in [-0.3, -0.25) is 0 Å². The molecule has 51 heavy (non-hydrogen) atoms. The highest BCUT2D eigenvalue weighted by molar-refractivity contribution is 5.85. The monoisotopic (exact) mass is 670 g/mol. The Morgan fingerprint density at radius 3 is 0.980 bits per heavy atom. The number of allylic oxidation sites excluding steroid dienone is 1. The van der Waals surface area contributed by atoms with E-state index in [9.17, 15) is 0 Å². The third kappa shape index (κ3) is 5.13. The Morgan fingerprint density at radius 1 is 0.412 bits per heavy atom. The molecule has 0 amide bonds. The average Bonchev–Trinajstić information content (AvgIpc) is 3.89. The Balaban J connectivity index is 0.000000370. The summed E-state index contributed by atoms with van der Waals surface area (Å²) >= 11 is 0. The Morgan fingerprint density at radius 2 is 0.706 bits per heavy atom. The van der Waals surface area contributed by atoms with Crippen molar-refractivity contribution in [3.05, 3.63) is 190 Å². The zero-order valence-electron chi connectivity index (χ0n) is 28.6. The lowest BCUT2D eigenvalue weighted by atomic mass is 9.64. The molecule has 254 valence electrons. The molecule has 0 fully saturated rings. The number of aliphatic hydroxyl groups excluding tert-OH is 4. The van der Waals surface area contributed by atoms with E-state index in [0.29, 0.717) is 0 Å². The lowest BCUT2D eigenvalue weighted by Gasteiger charge is -2.37.